The molecule has 5 rings (SSSR count). The Balaban J connectivity index is 1.20. The molecule has 1 unspecified atom stereocenters. The van der Waals surface area contributed by atoms with E-state index < -0.39 is 0 Å². The van der Waals surface area contributed by atoms with E-state index in [1.807, 2.05) is 48.5 Å². The smallest absolute Gasteiger partial charge is 0.269 e. The van der Waals surface area contributed by atoms with Crippen molar-refractivity contribution in [1.29, 1.82) is 0 Å². The molecule has 1 atom stereocenters. The van der Waals surface area contributed by atoms with Crippen molar-refractivity contribution in [2.45, 2.75) is 25.9 Å². The molecule has 170 valence electrons. The summed E-state index contributed by atoms with van der Waals surface area (Å²) in [5.74, 6) is 1.31. The molecule has 8 heteroatoms. The number of aromatic nitrogens is 2. The SMILES string of the molecule is O=C(NCc1ccc2c(c1)OCO2)C1CCCN(c2cnn(Cc3ccccc3)c(=O)c2)C1. The van der Waals surface area contributed by atoms with E-state index in [1.165, 1.54) is 4.68 Å². The van der Waals surface area contributed by atoms with Crippen LogP contribution in [0.15, 0.2) is 65.6 Å². The van der Waals surface area contributed by atoms with Crippen LogP contribution in [0.25, 0.3) is 0 Å². The van der Waals surface area contributed by atoms with Gasteiger partial charge in [0.2, 0.25) is 12.7 Å². The third kappa shape index (κ3) is 4.84. The fourth-order valence-electron chi connectivity index (χ4n) is 4.28. The van der Waals surface area contributed by atoms with E-state index in [9.17, 15) is 9.59 Å². The Morgan fingerprint density at radius 3 is 2.76 bits per heavy atom. The van der Waals surface area contributed by atoms with E-state index in [0.29, 0.717) is 25.4 Å². The summed E-state index contributed by atoms with van der Waals surface area (Å²) in [6, 6.07) is 17.1. The largest absolute Gasteiger partial charge is 0.454 e. The molecule has 3 heterocycles. The zero-order chi connectivity index (χ0) is 22.6. The van der Waals surface area contributed by atoms with Gasteiger partial charge in [-0.2, -0.15) is 5.10 Å². The van der Waals surface area contributed by atoms with Crippen LogP contribution in [0.2, 0.25) is 0 Å². The molecule has 2 aromatic carbocycles. The minimum atomic E-state index is -0.147. The maximum absolute atomic E-state index is 12.8. The van der Waals surface area contributed by atoms with Gasteiger partial charge in [-0.05, 0) is 36.1 Å². The molecule has 1 amide bonds. The topological polar surface area (TPSA) is 85.7 Å². The lowest BCUT2D eigenvalue weighted by Gasteiger charge is -2.33. The second-order valence-corrected chi connectivity index (χ2v) is 8.39. The maximum atomic E-state index is 12.8. The average Bonchev–Trinajstić information content (AvgIpc) is 3.32. The number of piperidine rings is 1. The van der Waals surface area contributed by atoms with Gasteiger partial charge in [-0.25, -0.2) is 4.68 Å². The number of anilines is 1. The highest BCUT2D eigenvalue weighted by molar-refractivity contribution is 5.79. The molecule has 0 radical (unpaired) electrons. The van der Waals surface area contributed by atoms with E-state index in [-0.39, 0.29) is 24.2 Å². The third-order valence-corrected chi connectivity index (χ3v) is 6.09. The van der Waals surface area contributed by atoms with E-state index in [4.69, 9.17) is 9.47 Å². The van der Waals surface area contributed by atoms with Gasteiger partial charge in [0.15, 0.2) is 11.5 Å². The van der Waals surface area contributed by atoms with Crippen LogP contribution < -0.4 is 25.2 Å². The average molecular weight is 447 g/mol. The summed E-state index contributed by atoms with van der Waals surface area (Å²) in [6.45, 7) is 2.47. The van der Waals surface area contributed by atoms with E-state index in [2.05, 4.69) is 15.3 Å². The number of carbonyl (C=O) groups is 1. The molecule has 1 saturated heterocycles. The summed E-state index contributed by atoms with van der Waals surface area (Å²) in [5, 5.41) is 7.40. The van der Waals surface area contributed by atoms with Gasteiger partial charge in [-0.15, -0.1) is 0 Å². The number of carbonyl (C=O) groups excluding carboxylic acids is 1. The normalized spacial score (nSPS) is 17.1. The van der Waals surface area contributed by atoms with Crippen molar-refractivity contribution in [3.05, 3.63) is 82.3 Å². The lowest BCUT2D eigenvalue weighted by Crippen LogP contribution is -2.43. The molecule has 3 aromatic rings. The number of benzene rings is 2. The summed E-state index contributed by atoms with van der Waals surface area (Å²) < 4.78 is 12.2. The number of hydrogen-bond acceptors (Lipinski definition) is 6. The van der Waals surface area contributed by atoms with E-state index in [0.717, 1.165) is 42.0 Å². The quantitative estimate of drug-likeness (QED) is 0.626. The number of amides is 1. The number of nitrogens with zero attached hydrogens (tertiary/aromatic N) is 3. The van der Waals surface area contributed by atoms with Crippen LogP contribution in [-0.4, -0.2) is 35.6 Å². The van der Waals surface area contributed by atoms with Gasteiger partial charge >= 0.3 is 0 Å². The molecule has 1 aromatic heterocycles. The number of fused-ring (bicyclic) bond motifs is 1. The standard InChI is InChI=1S/C25H26N4O4/c30-24-12-21(14-27-29(24)15-18-5-2-1-3-6-18)28-10-4-7-20(16-28)25(31)26-13-19-8-9-22-23(11-19)33-17-32-22/h1-3,5-6,8-9,11-12,14,20H,4,7,10,13,15-17H2,(H,26,31). The summed E-state index contributed by atoms with van der Waals surface area (Å²) in [6.07, 6.45) is 3.43. The van der Waals surface area contributed by atoms with Crippen LogP contribution in [0, 0.1) is 5.92 Å². The Bertz CT molecular complexity index is 1190. The first kappa shape index (κ1) is 21.1. The second kappa shape index (κ2) is 9.36. The second-order valence-electron chi connectivity index (χ2n) is 8.39. The van der Waals surface area contributed by atoms with Gasteiger partial charge in [0.25, 0.3) is 5.56 Å². The highest BCUT2D eigenvalue weighted by Gasteiger charge is 2.26. The molecule has 1 fully saturated rings. The predicted octanol–water partition coefficient (Wildman–Crippen LogP) is 2.55. The van der Waals surface area contributed by atoms with Crippen molar-refractivity contribution in [1.82, 2.24) is 15.1 Å². The first-order valence-corrected chi connectivity index (χ1v) is 11.2. The van der Waals surface area contributed by atoms with Crippen LogP contribution in [0.3, 0.4) is 0 Å². The molecule has 0 spiro atoms. The molecule has 0 saturated carbocycles. The van der Waals surface area contributed by atoms with Crippen molar-refractivity contribution in [3.8, 4) is 11.5 Å². The Kier molecular flexibility index (Phi) is 5.97. The van der Waals surface area contributed by atoms with Crippen LogP contribution in [0.5, 0.6) is 11.5 Å². The summed E-state index contributed by atoms with van der Waals surface area (Å²) in [5.41, 5.74) is 2.60. The van der Waals surface area contributed by atoms with Gasteiger partial charge in [0.05, 0.1) is 24.3 Å². The van der Waals surface area contributed by atoms with Crippen molar-refractivity contribution >= 4 is 11.6 Å². The van der Waals surface area contributed by atoms with Crippen LogP contribution >= 0.6 is 0 Å². The number of rotatable bonds is 6. The number of ether oxygens (including phenoxy) is 2. The Morgan fingerprint density at radius 2 is 1.91 bits per heavy atom. The molecule has 0 aliphatic carbocycles. The molecule has 0 bridgehead atoms. The van der Waals surface area contributed by atoms with Crippen molar-refractivity contribution < 1.29 is 14.3 Å². The molecule has 2 aliphatic heterocycles. The van der Waals surface area contributed by atoms with E-state index in [1.54, 1.807) is 12.3 Å². The highest BCUT2D eigenvalue weighted by Crippen LogP contribution is 2.32. The minimum absolute atomic E-state index is 0.0164. The first-order chi connectivity index (χ1) is 16.2. The predicted molar refractivity (Wildman–Crippen MR) is 123 cm³/mol. The van der Waals surface area contributed by atoms with E-state index >= 15 is 0 Å². The minimum Gasteiger partial charge on any atom is -0.454 e. The van der Waals surface area contributed by atoms with Gasteiger partial charge in [0, 0.05) is 25.7 Å². The van der Waals surface area contributed by atoms with Gasteiger partial charge in [-0.1, -0.05) is 36.4 Å². The Morgan fingerprint density at radius 1 is 1.06 bits per heavy atom. The van der Waals surface area contributed by atoms with Crippen molar-refractivity contribution in [2.75, 3.05) is 24.8 Å². The fourth-order valence-corrected chi connectivity index (χ4v) is 4.28. The maximum Gasteiger partial charge on any atom is 0.269 e. The lowest BCUT2D eigenvalue weighted by molar-refractivity contribution is -0.125. The van der Waals surface area contributed by atoms with Crippen LogP contribution in [0.1, 0.15) is 24.0 Å². The zero-order valence-electron chi connectivity index (χ0n) is 18.3. The molecule has 2 aliphatic rings. The fraction of sp³-hybridized carbons (Fsp3) is 0.320. The molecule has 1 N–H and O–H groups in total. The summed E-state index contributed by atoms with van der Waals surface area (Å²) in [4.78, 5) is 27.5. The first-order valence-electron chi connectivity index (χ1n) is 11.2. The van der Waals surface area contributed by atoms with Crippen LogP contribution in [-0.2, 0) is 17.9 Å². The number of nitrogens with one attached hydrogen (secondary N) is 1. The monoisotopic (exact) mass is 446 g/mol. The summed E-state index contributed by atoms with van der Waals surface area (Å²) >= 11 is 0. The Labute approximate surface area is 191 Å². The molecule has 8 nitrogen and oxygen atoms in total. The van der Waals surface area contributed by atoms with Crippen LogP contribution in [0.4, 0.5) is 5.69 Å². The zero-order valence-corrected chi connectivity index (χ0v) is 18.3. The molecular formula is C25H26N4O4. The molecule has 33 heavy (non-hydrogen) atoms. The third-order valence-electron chi connectivity index (χ3n) is 6.09. The van der Waals surface area contributed by atoms with Crippen molar-refractivity contribution in [3.63, 3.8) is 0 Å². The van der Waals surface area contributed by atoms with Crippen molar-refractivity contribution in [2.24, 2.45) is 5.92 Å². The van der Waals surface area contributed by atoms with Gasteiger partial charge in [-0.3, -0.25) is 9.59 Å². The lowest BCUT2D eigenvalue weighted by atomic mass is 9.96. The van der Waals surface area contributed by atoms with Gasteiger partial charge in [0.1, 0.15) is 0 Å². The molecular weight excluding hydrogens is 420 g/mol. The summed E-state index contributed by atoms with van der Waals surface area (Å²) in [7, 11) is 0. The highest BCUT2D eigenvalue weighted by atomic mass is 16.7. The number of hydrogen-bond donors (Lipinski definition) is 1. The van der Waals surface area contributed by atoms with Gasteiger partial charge < -0.3 is 19.7 Å². The Hall–Kier alpha value is -3.81.